The number of benzene rings is 2. The van der Waals surface area contributed by atoms with Gasteiger partial charge in [0.15, 0.2) is 0 Å². The monoisotopic (exact) mass is 524 g/mol. The van der Waals surface area contributed by atoms with Crippen molar-refractivity contribution in [3.05, 3.63) is 88.9 Å². The van der Waals surface area contributed by atoms with Crippen molar-refractivity contribution in [2.75, 3.05) is 11.9 Å². The van der Waals surface area contributed by atoms with Crippen molar-refractivity contribution in [3.8, 4) is 22.8 Å². The normalized spacial score (nSPS) is 12.6. The predicted octanol–water partition coefficient (Wildman–Crippen LogP) is 4.33. The zero-order valence-corrected chi connectivity index (χ0v) is 20.1. The first-order valence-corrected chi connectivity index (χ1v) is 11.6. The number of alkyl halides is 3. The van der Waals surface area contributed by atoms with E-state index in [4.69, 9.17) is 0 Å². The molecule has 0 saturated heterocycles. The Hall–Kier alpha value is -4.58. The summed E-state index contributed by atoms with van der Waals surface area (Å²) in [5, 5.41) is 13.1. The lowest BCUT2D eigenvalue weighted by atomic mass is 10.0. The number of halogens is 3. The molecule has 9 nitrogen and oxygen atoms in total. The van der Waals surface area contributed by atoms with Crippen LogP contribution in [0.15, 0.2) is 72.2 Å². The summed E-state index contributed by atoms with van der Waals surface area (Å²) < 4.78 is 44.5. The van der Waals surface area contributed by atoms with Crippen LogP contribution < -0.4 is 15.6 Å². The van der Waals surface area contributed by atoms with E-state index < -0.39 is 24.6 Å². The smallest absolute Gasteiger partial charge is 0.406 e. The number of aliphatic hydroxyl groups is 1. The Kier molecular flexibility index (Phi) is 6.64. The minimum absolute atomic E-state index is 0.00248. The molecule has 0 aliphatic carbocycles. The van der Waals surface area contributed by atoms with Crippen LogP contribution in [-0.4, -0.2) is 48.6 Å². The number of nitrogens with zero attached hydrogens (tertiary/aromatic N) is 3. The summed E-state index contributed by atoms with van der Waals surface area (Å²) in [5.74, 6) is -0.0550. The third-order valence-corrected chi connectivity index (χ3v) is 6.01. The first kappa shape index (κ1) is 25.1. The van der Waals surface area contributed by atoms with E-state index in [1.807, 2.05) is 29.8 Å². The number of pyridine rings is 1. The molecule has 12 heteroatoms. The van der Waals surface area contributed by atoms with E-state index in [9.17, 15) is 23.1 Å². The van der Waals surface area contributed by atoms with Crippen LogP contribution in [0.5, 0.6) is 5.75 Å². The van der Waals surface area contributed by atoms with Crippen LogP contribution in [0.25, 0.3) is 28.1 Å². The summed E-state index contributed by atoms with van der Waals surface area (Å²) >= 11 is 0. The summed E-state index contributed by atoms with van der Waals surface area (Å²) in [6.45, 7) is 1.49. The molecular weight excluding hydrogens is 501 g/mol. The van der Waals surface area contributed by atoms with Gasteiger partial charge in [-0.3, -0.25) is 4.79 Å². The average Bonchev–Trinajstić information content (AvgIpc) is 3.54. The highest BCUT2D eigenvalue weighted by atomic mass is 19.4. The number of para-hydroxylation sites is 1. The molecule has 196 valence electrons. The Balaban J connectivity index is 1.48. The highest BCUT2D eigenvalue weighted by Crippen LogP contribution is 2.30. The molecule has 0 bridgehead atoms. The number of rotatable bonds is 8. The number of fused-ring (bicyclic) bond motifs is 1. The van der Waals surface area contributed by atoms with E-state index in [1.54, 1.807) is 24.7 Å². The van der Waals surface area contributed by atoms with Gasteiger partial charge in [-0.05, 0) is 48.7 Å². The van der Waals surface area contributed by atoms with Crippen molar-refractivity contribution in [2.24, 2.45) is 0 Å². The minimum Gasteiger partial charge on any atom is -0.406 e. The number of aromatic amines is 2. The third-order valence-electron chi connectivity index (χ3n) is 6.01. The van der Waals surface area contributed by atoms with Crippen molar-refractivity contribution < 1.29 is 23.0 Å². The first-order chi connectivity index (χ1) is 18.2. The van der Waals surface area contributed by atoms with Gasteiger partial charge in [-0.1, -0.05) is 18.2 Å². The van der Waals surface area contributed by atoms with Crippen LogP contribution in [0.4, 0.5) is 18.9 Å². The van der Waals surface area contributed by atoms with E-state index in [2.05, 4.69) is 30.0 Å². The molecule has 1 atom stereocenters. The second-order valence-electron chi connectivity index (χ2n) is 8.69. The van der Waals surface area contributed by atoms with Gasteiger partial charge >= 0.3 is 6.36 Å². The van der Waals surface area contributed by atoms with Gasteiger partial charge in [-0.15, -0.1) is 13.2 Å². The third kappa shape index (κ3) is 5.25. The summed E-state index contributed by atoms with van der Waals surface area (Å²) in [4.78, 5) is 27.5. The van der Waals surface area contributed by atoms with Gasteiger partial charge in [0.25, 0.3) is 5.56 Å². The highest BCUT2D eigenvalue weighted by Gasteiger charge is 2.32. The maximum absolute atomic E-state index is 12.9. The average molecular weight is 525 g/mol. The molecule has 0 fully saturated rings. The van der Waals surface area contributed by atoms with Crippen molar-refractivity contribution >= 4 is 16.7 Å². The summed E-state index contributed by atoms with van der Waals surface area (Å²) in [7, 11) is 0. The second kappa shape index (κ2) is 10.1. The fourth-order valence-corrected chi connectivity index (χ4v) is 4.33. The zero-order chi connectivity index (χ0) is 26.9. The largest absolute Gasteiger partial charge is 0.573 e. The van der Waals surface area contributed by atoms with Crippen LogP contribution in [-0.2, 0) is 6.42 Å². The quantitative estimate of drug-likeness (QED) is 0.240. The fourth-order valence-electron chi connectivity index (χ4n) is 4.33. The summed E-state index contributed by atoms with van der Waals surface area (Å²) in [5.41, 5.74) is 3.49. The Labute approximate surface area is 214 Å². The lowest BCUT2D eigenvalue weighted by molar-refractivity contribution is -0.274. The Morgan fingerprint density at radius 2 is 2.03 bits per heavy atom. The second-order valence-corrected chi connectivity index (χ2v) is 8.69. The first-order valence-electron chi connectivity index (χ1n) is 11.6. The molecule has 1 unspecified atom stereocenters. The predicted molar refractivity (Wildman–Crippen MR) is 135 cm³/mol. The fraction of sp³-hybridized carbons (Fsp3) is 0.192. The van der Waals surface area contributed by atoms with Gasteiger partial charge in [-0.2, -0.15) is 0 Å². The molecule has 3 heterocycles. The van der Waals surface area contributed by atoms with E-state index in [1.165, 1.54) is 24.4 Å². The molecule has 0 amide bonds. The number of ether oxygens (including phenoxy) is 1. The summed E-state index contributed by atoms with van der Waals surface area (Å²) in [6, 6.07) is 10.4. The molecule has 0 saturated carbocycles. The van der Waals surface area contributed by atoms with Gasteiger partial charge < -0.3 is 29.7 Å². The number of aromatic nitrogens is 5. The van der Waals surface area contributed by atoms with Gasteiger partial charge in [0.05, 0.1) is 35.7 Å². The van der Waals surface area contributed by atoms with Crippen LogP contribution in [0, 0.1) is 6.92 Å². The van der Waals surface area contributed by atoms with E-state index in [0.29, 0.717) is 22.5 Å². The van der Waals surface area contributed by atoms with Gasteiger partial charge in [0.2, 0.25) is 0 Å². The molecule has 0 aliphatic heterocycles. The summed E-state index contributed by atoms with van der Waals surface area (Å²) in [6.07, 6.45) is 1.75. The van der Waals surface area contributed by atoms with Crippen molar-refractivity contribution in [2.45, 2.75) is 25.7 Å². The van der Waals surface area contributed by atoms with Crippen LogP contribution >= 0.6 is 0 Å². The molecule has 2 aromatic carbocycles. The van der Waals surface area contributed by atoms with Crippen molar-refractivity contribution in [1.29, 1.82) is 0 Å². The van der Waals surface area contributed by atoms with Gasteiger partial charge in [-0.25, -0.2) is 9.97 Å². The molecule has 5 rings (SSSR count). The SMILES string of the molecule is Cc1cc(-n2ccnc2)cc2[nH]c(-c3c(NC(CO)Cc4ccccc4OC(F)(F)F)cc[nH]c3=O)nc12. The van der Waals surface area contributed by atoms with E-state index in [-0.39, 0.29) is 23.3 Å². The maximum Gasteiger partial charge on any atom is 0.573 e. The zero-order valence-electron chi connectivity index (χ0n) is 20.1. The van der Waals surface area contributed by atoms with Crippen molar-refractivity contribution in [3.63, 3.8) is 0 Å². The number of hydrogen-bond donors (Lipinski definition) is 4. The Bertz CT molecular complexity index is 1630. The molecule has 0 aliphatic rings. The van der Waals surface area contributed by atoms with Gasteiger partial charge in [0.1, 0.15) is 17.1 Å². The molecular formula is C26H23F3N6O3. The molecule has 3 aromatic heterocycles. The number of anilines is 1. The van der Waals surface area contributed by atoms with E-state index >= 15 is 0 Å². The number of aryl methyl sites for hydroxylation is 1. The number of imidazole rings is 2. The number of aliphatic hydroxyl groups excluding tert-OH is 1. The lowest BCUT2D eigenvalue weighted by Gasteiger charge is -2.21. The topological polar surface area (TPSA) is 121 Å². The molecule has 38 heavy (non-hydrogen) atoms. The number of nitrogens with one attached hydrogen (secondary N) is 3. The number of hydrogen-bond acceptors (Lipinski definition) is 6. The molecule has 5 aromatic rings. The molecule has 0 radical (unpaired) electrons. The standard InChI is InChI=1S/C26H23F3N6O3/c1-15-10-18(35-9-8-30-14-35)12-20-23(15)34-24(33-20)22-19(6-7-31-25(22)37)32-17(13-36)11-16-4-2-3-5-21(16)38-26(27,28)29/h2-10,12,14,17,36H,11,13H2,1H3,(H,33,34)(H2,31,32,37). The Morgan fingerprint density at radius 3 is 2.76 bits per heavy atom. The van der Waals surface area contributed by atoms with E-state index in [0.717, 1.165) is 11.3 Å². The minimum atomic E-state index is -4.85. The van der Waals surface area contributed by atoms with Crippen LogP contribution in [0.1, 0.15) is 11.1 Å². The maximum atomic E-state index is 12.9. The lowest BCUT2D eigenvalue weighted by Crippen LogP contribution is -2.28. The molecule has 0 spiro atoms. The number of H-pyrrole nitrogens is 2. The highest BCUT2D eigenvalue weighted by molar-refractivity contribution is 5.86. The molecule has 4 N–H and O–H groups in total. The Morgan fingerprint density at radius 1 is 1.21 bits per heavy atom. The van der Waals surface area contributed by atoms with Gasteiger partial charge in [0, 0.05) is 24.3 Å². The van der Waals surface area contributed by atoms with Crippen LogP contribution in [0.3, 0.4) is 0 Å². The van der Waals surface area contributed by atoms with Crippen LogP contribution in [0.2, 0.25) is 0 Å². The van der Waals surface area contributed by atoms with Crippen molar-refractivity contribution in [1.82, 2.24) is 24.5 Å².